The van der Waals surface area contributed by atoms with Crippen molar-refractivity contribution in [3.8, 4) is 0 Å². The quantitative estimate of drug-likeness (QED) is 0.791. The summed E-state index contributed by atoms with van der Waals surface area (Å²) in [5, 5.41) is 18.9. The lowest BCUT2D eigenvalue weighted by molar-refractivity contribution is 0.195. The minimum Gasteiger partial charge on any atom is -0.395 e. The SMILES string of the molecule is COCCN(CCO)c1cc(C)c(F)cc1[C@H](C)O. The Morgan fingerprint density at radius 2 is 2.05 bits per heavy atom. The number of aryl methyl sites for hydroxylation is 1. The largest absolute Gasteiger partial charge is 0.395 e. The normalized spacial score (nSPS) is 12.5. The summed E-state index contributed by atoms with van der Waals surface area (Å²) < 4.78 is 18.7. The Kier molecular flexibility index (Phi) is 6.21. The molecule has 5 heteroatoms. The molecule has 0 aliphatic rings. The zero-order valence-corrected chi connectivity index (χ0v) is 11.7. The van der Waals surface area contributed by atoms with Crippen LogP contribution in [-0.4, -0.2) is 43.6 Å². The van der Waals surface area contributed by atoms with Crippen LogP contribution >= 0.6 is 0 Å². The van der Waals surface area contributed by atoms with E-state index in [1.807, 2.05) is 4.90 Å². The summed E-state index contributed by atoms with van der Waals surface area (Å²) in [6.45, 7) is 4.74. The van der Waals surface area contributed by atoms with E-state index in [0.717, 1.165) is 5.69 Å². The van der Waals surface area contributed by atoms with Crippen LogP contribution in [-0.2, 0) is 4.74 Å². The van der Waals surface area contributed by atoms with Crippen LogP contribution < -0.4 is 4.90 Å². The van der Waals surface area contributed by atoms with Gasteiger partial charge in [0, 0.05) is 31.5 Å². The second kappa shape index (κ2) is 7.43. The van der Waals surface area contributed by atoms with Gasteiger partial charge in [0.1, 0.15) is 5.82 Å². The molecule has 0 spiro atoms. The molecule has 1 rings (SSSR count). The Hall–Kier alpha value is -1.17. The zero-order chi connectivity index (χ0) is 14.4. The smallest absolute Gasteiger partial charge is 0.126 e. The summed E-state index contributed by atoms with van der Waals surface area (Å²) in [5.74, 6) is -0.338. The van der Waals surface area contributed by atoms with Crippen molar-refractivity contribution in [3.05, 3.63) is 29.1 Å². The van der Waals surface area contributed by atoms with E-state index in [1.54, 1.807) is 27.0 Å². The molecule has 0 bridgehead atoms. The lowest BCUT2D eigenvalue weighted by Gasteiger charge is -2.27. The standard InChI is InChI=1S/C14H22FNO3/c1-10-8-14(12(11(2)18)9-13(10)15)16(4-6-17)5-7-19-3/h8-9,11,17-18H,4-7H2,1-3H3/t11-/m0/s1. The monoisotopic (exact) mass is 271 g/mol. The Morgan fingerprint density at radius 3 is 2.58 bits per heavy atom. The number of hydrogen-bond acceptors (Lipinski definition) is 4. The van der Waals surface area contributed by atoms with Gasteiger partial charge in [0.05, 0.1) is 19.3 Å². The van der Waals surface area contributed by atoms with E-state index in [4.69, 9.17) is 9.84 Å². The molecule has 2 N–H and O–H groups in total. The van der Waals surface area contributed by atoms with Gasteiger partial charge in [-0.15, -0.1) is 0 Å². The number of methoxy groups -OCH3 is 1. The van der Waals surface area contributed by atoms with Crippen LogP contribution in [0.3, 0.4) is 0 Å². The van der Waals surface area contributed by atoms with Crippen molar-refractivity contribution in [2.75, 3.05) is 38.3 Å². The first-order valence-electron chi connectivity index (χ1n) is 6.34. The fourth-order valence-electron chi connectivity index (χ4n) is 1.97. The number of aliphatic hydroxyl groups is 2. The second-order valence-electron chi connectivity index (χ2n) is 4.54. The third-order valence-electron chi connectivity index (χ3n) is 3.03. The number of aliphatic hydroxyl groups excluding tert-OH is 2. The average Bonchev–Trinajstić information content (AvgIpc) is 2.37. The van der Waals surface area contributed by atoms with E-state index in [-0.39, 0.29) is 12.4 Å². The molecular formula is C14H22FNO3. The van der Waals surface area contributed by atoms with E-state index in [9.17, 15) is 9.50 Å². The highest BCUT2D eigenvalue weighted by atomic mass is 19.1. The lowest BCUT2D eigenvalue weighted by Crippen LogP contribution is -2.31. The topological polar surface area (TPSA) is 52.9 Å². The Bertz CT molecular complexity index is 410. The van der Waals surface area contributed by atoms with Gasteiger partial charge in [0.2, 0.25) is 0 Å². The summed E-state index contributed by atoms with van der Waals surface area (Å²) in [7, 11) is 1.60. The summed E-state index contributed by atoms with van der Waals surface area (Å²) >= 11 is 0. The number of hydrogen-bond donors (Lipinski definition) is 2. The van der Waals surface area contributed by atoms with Gasteiger partial charge in [-0.2, -0.15) is 0 Å². The van der Waals surface area contributed by atoms with E-state index < -0.39 is 6.10 Å². The molecule has 0 amide bonds. The van der Waals surface area contributed by atoms with Crippen molar-refractivity contribution in [2.45, 2.75) is 20.0 Å². The van der Waals surface area contributed by atoms with Gasteiger partial charge in [-0.1, -0.05) is 0 Å². The van der Waals surface area contributed by atoms with Crippen LogP contribution in [0.2, 0.25) is 0 Å². The van der Waals surface area contributed by atoms with E-state index in [2.05, 4.69) is 0 Å². The minimum atomic E-state index is -0.770. The summed E-state index contributed by atoms with van der Waals surface area (Å²) in [4.78, 5) is 1.89. The molecule has 0 fully saturated rings. The molecule has 0 unspecified atom stereocenters. The van der Waals surface area contributed by atoms with Crippen LogP contribution in [0, 0.1) is 12.7 Å². The number of halogens is 1. The van der Waals surface area contributed by atoms with Gasteiger partial charge in [0.15, 0.2) is 0 Å². The first kappa shape index (κ1) is 15.9. The maximum atomic E-state index is 13.6. The van der Waals surface area contributed by atoms with Crippen molar-refractivity contribution < 1.29 is 19.3 Å². The van der Waals surface area contributed by atoms with Crippen LogP contribution in [0.25, 0.3) is 0 Å². The lowest BCUT2D eigenvalue weighted by atomic mass is 10.0. The molecule has 1 aromatic rings. The Morgan fingerprint density at radius 1 is 1.37 bits per heavy atom. The maximum absolute atomic E-state index is 13.6. The third kappa shape index (κ3) is 4.16. The van der Waals surface area contributed by atoms with Crippen molar-refractivity contribution >= 4 is 5.69 Å². The van der Waals surface area contributed by atoms with Gasteiger partial charge in [0.25, 0.3) is 0 Å². The molecule has 0 aromatic heterocycles. The molecule has 1 atom stereocenters. The van der Waals surface area contributed by atoms with Gasteiger partial charge >= 0.3 is 0 Å². The third-order valence-corrected chi connectivity index (χ3v) is 3.03. The first-order chi connectivity index (χ1) is 9.01. The first-order valence-corrected chi connectivity index (χ1v) is 6.34. The molecule has 0 aliphatic carbocycles. The van der Waals surface area contributed by atoms with Gasteiger partial charge < -0.3 is 19.8 Å². The maximum Gasteiger partial charge on any atom is 0.126 e. The van der Waals surface area contributed by atoms with Crippen LogP contribution in [0.4, 0.5) is 10.1 Å². The molecule has 0 heterocycles. The number of anilines is 1. The van der Waals surface area contributed by atoms with Crippen molar-refractivity contribution in [1.82, 2.24) is 0 Å². The van der Waals surface area contributed by atoms with Crippen molar-refractivity contribution in [2.24, 2.45) is 0 Å². The van der Waals surface area contributed by atoms with Gasteiger partial charge in [-0.05, 0) is 31.5 Å². The fourth-order valence-corrected chi connectivity index (χ4v) is 1.97. The van der Waals surface area contributed by atoms with Gasteiger partial charge in [-0.3, -0.25) is 0 Å². The number of rotatable bonds is 7. The fraction of sp³-hybridized carbons (Fsp3) is 0.571. The predicted molar refractivity (Wildman–Crippen MR) is 72.9 cm³/mol. The summed E-state index contributed by atoms with van der Waals surface area (Å²) in [6.07, 6.45) is -0.770. The molecule has 0 saturated carbocycles. The van der Waals surface area contributed by atoms with Crippen LogP contribution in [0.5, 0.6) is 0 Å². The van der Waals surface area contributed by atoms with Crippen LogP contribution in [0.1, 0.15) is 24.2 Å². The molecule has 0 aliphatic heterocycles. The molecule has 0 saturated heterocycles. The molecule has 0 radical (unpaired) electrons. The van der Waals surface area contributed by atoms with Crippen LogP contribution in [0.15, 0.2) is 12.1 Å². The van der Waals surface area contributed by atoms with Crippen molar-refractivity contribution in [3.63, 3.8) is 0 Å². The summed E-state index contributed by atoms with van der Waals surface area (Å²) in [5.41, 5.74) is 1.77. The molecule has 1 aromatic carbocycles. The van der Waals surface area contributed by atoms with Gasteiger partial charge in [-0.25, -0.2) is 4.39 Å². The average molecular weight is 271 g/mol. The Balaban J connectivity index is 3.15. The van der Waals surface area contributed by atoms with E-state index >= 15 is 0 Å². The Labute approximate surface area is 113 Å². The molecule has 4 nitrogen and oxygen atoms in total. The highest BCUT2D eigenvalue weighted by Crippen LogP contribution is 2.29. The molecular weight excluding hydrogens is 249 g/mol. The number of ether oxygens (including phenoxy) is 1. The highest BCUT2D eigenvalue weighted by Gasteiger charge is 2.16. The zero-order valence-electron chi connectivity index (χ0n) is 11.7. The number of nitrogens with zero attached hydrogens (tertiary/aromatic N) is 1. The molecule has 19 heavy (non-hydrogen) atoms. The van der Waals surface area contributed by atoms with Crippen molar-refractivity contribution in [1.29, 1.82) is 0 Å². The number of benzene rings is 1. The van der Waals surface area contributed by atoms with E-state index in [0.29, 0.717) is 30.8 Å². The highest BCUT2D eigenvalue weighted by molar-refractivity contribution is 5.56. The predicted octanol–water partition coefficient (Wildman–Crippen LogP) is 1.63. The second-order valence-corrected chi connectivity index (χ2v) is 4.54. The minimum absolute atomic E-state index is 0.0145. The molecule has 108 valence electrons. The summed E-state index contributed by atoms with van der Waals surface area (Å²) in [6, 6.07) is 3.05. The van der Waals surface area contributed by atoms with E-state index in [1.165, 1.54) is 6.07 Å².